The molecule has 3 rings (SSSR count). The van der Waals surface area contributed by atoms with Gasteiger partial charge in [-0.1, -0.05) is 17.7 Å². The zero-order valence-corrected chi connectivity index (χ0v) is 10.9. The molecule has 1 N–H and O–H groups in total. The number of aromatic nitrogens is 2. The minimum absolute atomic E-state index is 0.0952. The van der Waals surface area contributed by atoms with Crippen molar-refractivity contribution < 1.29 is 4.79 Å². The lowest BCUT2D eigenvalue weighted by Gasteiger charge is -2.14. The number of rotatable bonds is 2. The van der Waals surface area contributed by atoms with Gasteiger partial charge in [0.25, 0.3) is 0 Å². The van der Waals surface area contributed by atoms with E-state index in [2.05, 4.69) is 15.3 Å². The van der Waals surface area contributed by atoms with Crippen molar-refractivity contribution in [3.05, 3.63) is 46.7 Å². The second-order valence-electron chi connectivity index (χ2n) is 4.48. The molecular formula is C14H12ClN3O. The van der Waals surface area contributed by atoms with Crippen LogP contribution in [0.1, 0.15) is 28.9 Å². The van der Waals surface area contributed by atoms with Crippen molar-refractivity contribution in [3.63, 3.8) is 0 Å². The number of aryl methyl sites for hydroxylation is 1. The van der Waals surface area contributed by atoms with Crippen molar-refractivity contribution in [1.29, 1.82) is 0 Å². The van der Waals surface area contributed by atoms with Crippen molar-refractivity contribution in [2.75, 3.05) is 5.32 Å². The standard InChI is InChI=1S/C14H12ClN3O/c15-10-4-2-5-11(7-10)17-14-16-8-9-3-1-6-12(19)13(9)18-14/h2,4-5,7-8H,1,3,6H2,(H,16,17,18). The van der Waals surface area contributed by atoms with Gasteiger partial charge < -0.3 is 5.32 Å². The molecule has 1 aliphatic rings. The van der Waals surface area contributed by atoms with Gasteiger partial charge in [-0.2, -0.15) is 0 Å². The molecular weight excluding hydrogens is 262 g/mol. The Morgan fingerprint density at radius 1 is 1.26 bits per heavy atom. The first kappa shape index (κ1) is 12.1. The first-order valence-corrected chi connectivity index (χ1v) is 6.52. The van der Waals surface area contributed by atoms with Crippen molar-refractivity contribution in [2.24, 2.45) is 0 Å². The maximum atomic E-state index is 11.8. The molecule has 1 aromatic heterocycles. The van der Waals surface area contributed by atoms with E-state index in [1.54, 1.807) is 18.3 Å². The van der Waals surface area contributed by atoms with Gasteiger partial charge >= 0.3 is 0 Å². The minimum atomic E-state index is 0.0952. The summed E-state index contributed by atoms with van der Waals surface area (Å²) in [6.45, 7) is 0. The van der Waals surface area contributed by atoms with Crippen molar-refractivity contribution in [2.45, 2.75) is 19.3 Å². The Hall–Kier alpha value is -1.94. The van der Waals surface area contributed by atoms with Gasteiger partial charge in [-0.15, -0.1) is 0 Å². The summed E-state index contributed by atoms with van der Waals surface area (Å²) in [6, 6.07) is 7.29. The number of ketones is 1. The number of carbonyl (C=O) groups excluding carboxylic acids is 1. The highest BCUT2D eigenvalue weighted by molar-refractivity contribution is 6.30. The number of hydrogen-bond acceptors (Lipinski definition) is 4. The van der Waals surface area contributed by atoms with Crippen LogP contribution in [0.3, 0.4) is 0 Å². The van der Waals surface area contributed by atoms with E-state index in [1.165, 1.54) is 0 Å². The molecule has 0 saturated carbocycles. The van der Waals surface area contributed by atoms with Gasteiger partial charge in [0.15, 0.2) is 5.78 Å². The highest BCUT2D eigenvalue weighted by atomic mass is 35.5. The van der Waals surface area contributed by atoms with Gasteiger partial charge in [-0.25, -0.2) is 9.97 Å². The Kier molecular flexibility index (Phi) is 3.17. The van der Waals surface area contributed by atoms with Crippen LogP contribution in [0, 0.1) is 0 Å². The number of carbonyl (C=O) groups is 1. The van der Waals surface area contributed by atoms with Gasteiger partial charge in [0, 0.05) is 23.3 Å². The van der Waals surface area contributed by atoms with E-state index in [4.69, 9.17) is 11.6 Å². The lowest BCUT2D eigenvalue weighted by Crippen LogP contribution is -2.14. The van der Waals surface area contributed by atoms with E-state index in [1.807, 2.05) is 12.1 Å². The number of nitrogens with zero attached hydrogens (tertiary/aromatic N) is 2. The summed E-state index contributed by atoms with van der Waals surface area (Å²) < 4.78 is 0. The molecule has 0 saturated heterocycles. The number of halogens is 1. The van der Waals surface area contributed by atoms with E-state index >= 15 is 0 Å². The summed E-state index contributed by atoms with van der Waals surface area (Å²) in [5.74, 6) is 0.522. The molecule has 4 nitrogen and oxygen atoms in total. The summed E-state index contributed by atoms with van der Waals surface area (Å²) >= 11 is 5.91. The fourth-order valence-corrected chi connectivity index (χ4v) is 2.33. The fraction of sp³-hybridized carbons (Fsp3) is 0.214. The van der Waals surface area contributed by atoms with Gasteiger partial charge in [0.05, 0.1) is 0 Å². The summed E-state index contributed by atoms with van der Waals surface area (Å²) in [5.41, 5.74) is 2.29. The molecule has 0 unspecified atom stereocenters. The third kappa shape index (κ3) is 2.58. The molecule has 0 aliphatic heterocycles. The van der Waals surface area contributed by atoms with E-state index in [0.29, 0.717) is 23.1 Å². The van der Waals surface area contributed by atoms with Gasteiger partial charge in [-0.05, 0) is 36.6 Å². The molecule has 0 radical (unpaired) electrons. The van der Waals surface area contributed by atoms with Gasteiger partial charge in [0.1, 0.15) is 5.69 Å². The quantitative estimate of drug-likeness (QED) is 0.911. The number of nitrogens with one attached hydrogen (secondary N) is 1. The molecule has 0 bridgehead atoms. The summed E-state index contributed by atoms with van der Waals surface area (Å²) in [7, 11) is 0. The molecule has 5 heteroatoms. The lowest BCUT2D eigenvalue weighted by molar-refractivity contribution is 0.0967. The maximum Gasteiger partial charge on any atom is 0.227 e. The van der Waals surface area contributed by atoms with E-state index in [0.717, 1.165) is 24.1 Å². The SMILES string of the molecule is O=C1CCCc2cnc(Nc3cccc(Cl)c3)nc21. The molecule has 96 valence electrons. The van der Waals surface area contributed by atoms with E-state index in [9.17, 15) is 4.79 Å². The minimum Gasteiger partial charge on any atom is -0.324 e. The zero-order chi connectivity index (χ0) is 13.2. The van der Waals surface area contributed by atoms with Crippen LogP contribution in [0.4, 0.5) is 11.6 Å². The molecule has 2 aromatic rings. The van der Waals surface area contributed by atoms with Crippen LogP contribution in [0.5, 0.6) is 0 Å². The average Bonchev–Trinajstić information content (AvgIpc) is 2.40. The second-order valence-corrected chi connectivity index (χ2v) is 4.92. The van der Waals surface area contributed by atoms with Crippen LogP contribution in [0.2, 0.25) is 5.02 Å². The van der Waals surface area contributed by atoms with Gasteiger partial charge in [-0.3, -0.25) is 4.79 Å². The first-order valence-electron chi connectivity index (χ1n) is 6.14. The molecule has 0 spiro atoms. The van der Waals surface area contributed by atoms with Crippen LogP contribution < -0.4 is 5.32 Å². The van der Waals surface area contributed by atoms with E-state index < -0.39 is 0 Å². The number of fused-ring (bicyclic) bond motifs is 1. The van der Waals surface area contributed by atoms with Crippen LogP contribution >= 0.6 is 11.6 Å². The van der Waals surface area contributed by atoms with Crippen LogP contribution in [0.15, 0.2) is 30.5 Å². The monoisotopic (exact) mass is 273 g/mol. The predicted molar refractivity (Wildman–Crippen MR) is 74.0 cm³/mol. The highest BCUT2D eigenvalue weighted by Crippen LogP contribution is 2.22. The van der Waals surface area contributed by atoms with Crippen LogP contribution in [-0.4, -0.2) is 15.8 Å². The molecule has 0 amide bonds. The Bertz CT molecular complexity index is 642. The third-order valence-electron chi connectivity index (χ3n) is 3.06. The molecule has 1 heterocycles. The zero-order valence-electron chi connectivity index (χ0n) is 10.2. The number of hydrogen-bond donors (Lipinski definition) is 1. The number of anilines is 2. The van der Waals surface area contributed by atoms with E-state index in [-0.39, 0.29) is 5.78 Å². The largest absolute Gasteiger partial charge is 0.324 e. The number of Topliss-reactive ketones (excluding diaryl/α,β-unsaturated/α-hetero) is 1. The first-order chi connectivity index (χ1) is 9.22. The van der Waals surface area contributed by atoms with Crippen LogP contribution in [0.25, 0.3) is 0 Å². The molecule has 19 heavy (non-hydrogen) atoms. The van der Waals surface area contributed by atoms with Crippen molar-refractivity contribution in [1.82, 2.24) is 9.97 Å². The predicted octanol–water partition coefficient (Wildman–Crippen LogP) is 3.39. The Morgan fingerprint density at radius 3 is 3.00 bits per heavy atom. The Labute approximate surface area is 115 Å². The van der Waals surface area contributed by atoms with Gasteiger partial charge in [0.2, 0.25) is 5.95 Å². The molecule has 1 aliphatic carbocycles. The maximum absolute atomic E-state index is 11.8. The van der Waals surface area contributed by atoms with Crippen molar-refractivity contribution in [3.8, 4) is 0 Å². The lowest BCUT2D eigenvalue weighted by atomic mass is 9.96. The van der Waals surface area contributed by atoms with Crippen LogP contribution in [-0.2, 0) is 6.42 Å². The second kappa shape index (κ2) is 4.97. The third-order valence-corrected chi connectivity index (χ3v) is 3.29. The topological polar surface area (TPSA) is 54.9 Å². The summed E-state index contributed by atoms with van der Waals surface area (Å²) in [4.78, 5) is 20.3. The molecule has 0 atom stereocenters. The normalized spacial score (nSPS) is 14.1. The average molecular weight is 274 g/mol. The summed E-state index contributed by atoms with van der Waals surface area (Å²) in [6.07, 6.45) is 4.06. The Morgan fingerprint density at radius 2 is 2.16 bits per heavy atom. The summed E-state index contributed by atoms with van der Waals surface area (Å²) in [5, 5.41) is 3.69. The highest BCUT2D eigenvalue weighted by Gasteiger charge is 2.19. The van der Waals surface area contributed by atoms with Crippen molar-refractivity contribution >= 4 is 29.0 Å². The smallest absolute Gasteiger partial charge is 0.227 e. The molecule has 0 fully saturated rings. The number of benzene rings is 1. The fourth-order valence-electron chi connectivity index (χ4n) is 2.14. The Balaban J connectivity index is 1.90. The molecule has 1 aromatic carbocycles.